The second kappa shape index (κ2) is 4.09. The summed E-state index contributed by atoms with van der Waals surface area (Å²) in [6.07, 6.45) is 2.70. The highest BCUT2D eigenvalue weighted by Crippen LogP contribution is 2.17. The van der Waals surface area contributed by atoms with Crippen LogP contribution in [0.15, 0.2) is 0 Å². The SMILES string of the molecule is CCC(=O)OC1CC[N+](C)(C)CC1. The fraction of sp³-hybridized carbons (Fsp3) is 0.900. The van der Waals surface area contributed by atoms with Gasteiger partial charge in [-0.05, 0) is 0 Å². The monoisotopic (exact) mass is 186 g/mol. The molecule has 0 aromatic rings. The smallest absolute Gasteiger partial charge is 0.305 e. The number of ether oxygens (including phenoxy) is 1. The van der Waals surface area contributed by atoms with Crippen LogP contribution in [-0.2, 0) is 9.53 Å². The lowest BCUT2D eigenvalue weighted by Crippen LogP contribution is -2.48. The van der Waals surface area contributed by atoms with E-state index in [9.17, 15) is 4.79 Å². The van der Waals surface area contributed by atoms with Gasteiger partial charge in [0.25, 0.3) is 0 Å². The molecule has 1 fully saturated rings. The lowest BCUT2D eigenvalue weighted by molar-refractivity contribution is -0.896. The molecule has 0 aliphatic carbocycles. The van der Waals surface area contributed by atoms with Crippen molar-refractivity contribution in [3.05, 3.63) is 0 Å². The number of nitrogens with zero attached hydrogens (tertiary/aromatic N) is 1. The van der Waals surface area contributed by atoms with Crippen molar-refractivity contribution in [3.63, 3.8) is 0 Å². The third-order valence-electron chi connectivity index (χ3n) is 2.70. The summed E-state index contributed by atoms with van der Waals surface area (Å²) < 4.78 is 6.34. The Morgan fingerprint density at radius 2 is 1.92 bits per heavy atom. The highest BCUT2D eigenvalue weighted by atomic mass is 16.5. The van der Waals surface area contributed by atoms with Crippen molar-refractivity contribution in [2.75, 3.05) is 27.2 Å². The first-order valence-corrected chi connectivity index (χ1v) is 5.05. The van der Waals surface area contributed by atoms with Crippen molar-refractivity contribution in [1.82, 2.24) is 0 Å². The van der Waals surface area contributed by atoms with E-state index in [-0.39, 0.29) is 12.1 Å². The Bertz CT molecular complexity index is 179. The first-order chi connectivity index (χ1) is 6.03. The summed E-state index contributed by atoms with van der Waals surface area (Å²) in [5.74, 6) is -0.0581. The molecule has 0 radical (unpaired) electrons. The van der Waals surface area contributed by atoms with Gasteiger partial charge in [-0.25, -0.2) is 0 Å². The molecule has 0 N–H and O–H groups in total. The lowest BCUT2D eigenvalue weighted by Gasteiger charge is -2.36. The molecule has 1 aliphatic rings. The van der Waals surface area contributed by atoms with Gasteiger partial charge in [-0.1, -0.05) is 6.92 Å². The maximum absolute atomic E-state index is 11.0. The van der Waals surface area contributed by atoms with Crippen molar-refractivity contribution in [3.8, 4) is 0 Å². The molecular weight excluding hydrogens is 166 g/mol. The average molecular weight is 186 g/mol. The van der Waals surface area contributed by atoms with Crippen LogP contribution in [0, 0.1) is 0 Å². The van der Waals surface area contributed by atoms with E-state index >= 15 is 0 Å². The van der Waals surface area contributed by atoms with E-state index in [2.05, 4.69) is 14.1 Å². The number of quaternary nitrogens is 1. The predicted octanol–water partition coefficient (Wildman–Crippen LogP) is 1.18. The Morgan fingerprint density at radius 3 is 2.38 bits per heavy atom. The van der Waals surface area contributed by atoms with Gasteiger partial charge in [-0.2, -0.15) is 0 Å². The minimum atomic E-state index is -0.0581. The summed E-state index contributed by atoms with van der Waals surface area (Å²) in [4.78, 5) is 11.0. The van der Waals surface area contributed by atoms with Crippen LogP contribution in [0.3, 0.4) is 0 Å². The third kappa shape index (κ3) is 3.35. The second-order valence-electron chi connectivity index (χ2n) is 4.43. The van der Waals surface area contributed by atoms with Crippen LogP contribution in [-0.4, -0.2) is 43.7 Å². The van der Waals surface area contributed by atoms with Gasteiger partial charge in [-0.3, -0.25) is 4.79 Å². The molecule has 76 valence electrons. The largest absolute Gasteiger partial charge is 0.462 e. The molecule has 13 heavy (non-hydrogen) atoms. The molecule has 1 saturated heterocycles. The van der Waals surface area contributed by atoms with E-state index in [1.54, 1.807) is 0 Å². The molecule has 1 rings (SSSR count). The molecule has 3 heteroatoms. The number of esters is 1. The minimum absolute atomic E-state index is 0.0581. The molecule has 0 aromatic heterocycles. The number of carbonyl (C=O) groups is 1. The van der Waals surface area contributed by atoms with Gasteiger partial charge in [0.1, 0.15) is 6.10 Å². The summed E-state index contributed by atoms with van der Waals surface area (Å²) in [6.45, 7) is 4.06. The molecule has 3 nitrogen and oxygen atoms in total. The van der Waals surface area contributed by atoms with Gasteiger partial charge in [0, 0.05) is 19.3 Å². The van der Waals surface area contributed by atoms with Crippen molar-refractivity contribution in [2.24, 2.45) is 0 Å². The number of hydrogen-bond donors (Lipinski definition) is 0. The number of hydrogen-bond acceptors (Lipinski definition) is 2. The fourth-order valence-corrected chi connectivity index (χ4v) is 1.63. The maximum atomic E-state index is 11.0. The van der Waals surface area contributed by atoms with Crippen LogP contribution in [0.4, 0.5) is 0 Å². The Labute approximate surface area is 80.3 Å². The molecule has 0 spiro atoms. The van der Waals surface area contributed by atoms with Crippen LogP contribution >= 0.6 is 0 Å². The zero-order chi connectivity index (χ0) is 9.90. The first-order valence-electron chi connectivity index (χ1n) is 5.05. The molecule has 0 atom stereocenters. The molecule has 0 unspecified atom stereocenters. The zero-order valence-corrected chi connectivity index (χ0v) is 8.88. The average Bonchev–Trinajstić information content (AvgIpc) is 2.08. The van der Waals surface area contributed by atoms with Gasteiger partial charge in [0.15, 0.2) is 0 Å². The van der Waals surface area contributed by atoms with E-state index in [0.29, 0.717) is 6.42 Å². The van der Waals surface area contributed by atoms with Gasteiger partial charge >= 0.3 is 5.97 Å². The second-order valence-corrected chi connectivity index (χ2v) is 4.43. The normalized spacial score (nSPS) is 22.7. The topological polar surface area (TPSA) is 26.3 Å². The van der Waals surface area contributed by atoms with Crippen LogP contribution < -0.4 is 0 Å². The van der Waals surface area contributed by atoms with E-state index in [1.807, 2.05) is 6.92 Å². The van der Waals surface area contributed by atoms with Crippen LogP contribution in [0.2, 0.25) is 0 Å². The van der Waals surface area contributed by atoms with Crippen LogP contribution in [0.5, 0.6) is 0 Å². The zero-order valence-electron chi connectivity index (χ0n) is 8.88. The van der Waals surface area contributed by atoms with E-state index in [4.69, 9.17) is 4.74 Å². The molecule has 0 aromatic carbocycles. The number of rotatable bonds is 2. The highest BCUT2D eigenvalue weighted by Gasteiger charge is 2.27. The van der Waals surface area contributed by atoms with Crippen molar-refractivity contribution < 1.29 is 14.0 Å². The molecule has 1 aliphatic heterocycles. The predicted molar refractivity (Wildman–Crippen MR) is 51.2 cm³/mol. The number of carbonyl (C=O) groups excluding carboxylic acids is 1. The Hall–Kier alpha value is -0.570. The van der Waals surface area contributed by atoms with Crippen LogP contribution in [0.25, 0.3) is 0 Å². The summed E-state index contributed by atoms with van der Waals surface area (Å²) in [7, 11) is 4.44. The van der Waals surface area contributed by atoms with Gasteiger partial charge in [0.2, 0.25) is 0 Å². The van der Waals surface area contributed by atoms with E-state index < -0.39 is 0 Å². The van der Waals surface area contributed by atoms with E-state index in [1.165, 1.54) is 0 Å². The molecule has 0 bridgehead atoms. The van der Waals surface area contributed by atoms with E-state index in [0.717, 1.165) is 30.4 Å². The molecular formula is C10H20NO2+. The van der Waals surface area contributed by atoms with Crippen molar-refractivity contribution >= 4 is 5.97 Å². The Morgan fingerprint density at radius 1 is 1.38 bits per heavy atom. The quantitative estimate of drug-likeness (QED) is 0.478. The van der Waals surface area contributed by atoms with Gasteiger partial charge in [-0.15, -0.1) is 0 Å². The molecule has 1 heterocycles. The number of likely N-dealkylation sites (tertiary alicyclic amines) is 1. The Balaban J connectivity index is 2.29. The lowest BCUT2D eigenvalue weighted by atomic mass is 10.1. The van der Waals surface area contributed by atoms with Gasteiger partial charge in [0.05, 0.1) is 27.2 Å². The van der Waals surface area contributed by atoms with Crippen molar-refractivity contribution in [1.29, 1.82) is 0 Å². The van der Waals surface area contributed by atoms with Crippen molar-refractivity contribution in [2.45, 2.75) is 32.3 Å². The van der Waals surface area contributed by atoms with Gasteiger partial charge < -0.3 is 9.22 Å². The van der Waals surface area contributed by atoms with Crippen LogP contribution in [0.1, 0.15) is 26.2 Å². The summed E-state index contributed by atoms with van der Waals surface area (Å²) in [6, 6.07) is 0. The summed E-state index contributed by atoms with van der Waals surface area (Å²) in [5.41, 5.74) is 0. The third-order valence-corrected chi connectivity index (χ3v) is 2.70. The molecule has 0 amide bonds. The summed E-state index contributed by atoms with van der Waals surface area (Å²) >= 11 is 0. The Kier molecular flexibility index (Phi) is 3.31. The minimum Gasteiger partial charge on any atom is -0.462 e. The highest BCUT2D eigenvalue weighted by molar-refractivity contribution is 5.69. The maximum Gasteiger partial charge on any atom is 0.305 e. The standard InChI is InChI=1S/C10H20NO2/c1-4-10(12)13-9-5-7-11(2,3)8-6-9/h9H,4-8H2,1-3H3/q+1. The number of piperidine rings is 1. The molecule has 0 saturated carbocycles. The fourth-order valence-electron chi connectivity index (χ4n) is 1.63. The summed E-state index contributed by atoms with van der Waals surface area (Å²) in [5, 5.41) is 0. The first kappa shape index (κ1) is 10.5.